The van der Waals surface area contributed by atoms with E-state index in [0.717, 1.165) is 36.1 Å². The van der Waals surface area contributed by atoms with Gasteiger partial charge in [-0.1, -0.05) is 47.0 Å². The molecule has 0 aliphatic heterocycles. The van der Waals surface area contributed by atoms with Crippen molar-refractivity contribution in [3.8, 4) is 11.5 Å². The van der Waals surface area contributed by atoms with Crippen molar-refractivity contribution in [2.75, 3.05) is 79.3 Å². The molecule has 1 saturated carbocycles. The maximum Gasteiger partial charge on any atom is 0.126 e. The highest BCUT2D eigenvalue weighted by Crippen LogP contribution is 2.49. The number of hydrogen-bond acceptors (Lipinski definition) is 8. The highest BCUT2D eigenvalue weighted by Gasteiger charge is 2.35. The maximum absolute atomic E-state index is 11.3. The Hall–Kier alpha value is -1.42. The summed E-state index contributed by atoms with van der Waals surface area (Å²) < 4.78 is 33.6. The molecule has 8 heteroatoms. The van der Waals surface area contributed by atoms with E-state index >= 15 is 0 Å². The molecular formula is C33H58O8. The van der Waals surface area contributed by atoms with Crippen LogP contribution in [0.25, 0.3) is 0 Å². The smallest absolute Gasteiger partial charge is 0.126 e. The van der Waals surface area contributed by atoms with Gasteiger partial charge in [0.2, 0.25) is 0 Å². The van der Waals surface area contributed by atoms with E-state index in [2.05, 4.69) is 33.8 Å². The summed E-state index contributed by atoms with van der Waals surface area (Å²) in [7, 11) is 0. The predicted octanol–water partition coefficient (Wildman–Crippen LogP) is 5.75. The molecule has 1 fully saturated rings. The van der Waals surface area contributed by atoms with E-state index in [1.165, 1.54) is 25.7 Å². The molecule has 1 aromatic rings. The van der Waals surface area contributed by atoms with Gasteiger partial charge < -0.3 is 38.6 Å². The molecule has 0 aromatic heterocycles. The van der Waals surface area contributed by atoms with Crippen molar-refractivity contribution in [3.63, 3.8) is 0 Å². The van der Waals surface area contributed by atoms with E-state index in [1.54, 1.807) is 0 Å². The van der Waals surface area contributed by atoms with Crippen molar-refractivity contribution in [1.29, 1.82) is 0 Å². The first-order valence-corrected chi connectivity index (χ1v) is 16.0. The molecule has 1 aliphatic carbocycles. The Kier molecular flexibility index (Phi) is 19.3. The van der Waals surface area contributed by atoms with Crippen molar-refractivity contribution in [3.05, 3.63) is 23.3 Å². The summed E-state index contributed by atoms with van der Waals surface area (Å²) >= 11 is 0. The first-order chi connectivity index (χ1) is 20.0. The summed E-state index contributed by atoms with van der Waals surface area (Å²) in [5.74, 6) is 3.30. The van der Waals surface area contributed by atoms with Crippen LogP contribution in [-0.4, -0.2) is 89.5 Å². The molecule has 1 aliphatic rings. The molecule has 2 rings (SSSR count). The second-order valence-electron chi connectivity index (χ2n) is 11.6. The van der Waals surface area contributed by atoms with Gasteiger partial charge in [-0.3, -0.25) is 0 Å². The van der Waals surface area contributed by atoms with Crippen LogP contribution in [0.1, 0.15) is 83.3 Å². The van der Waals surface area contributed by atoms with Gasteiger partial charge in [-0.2, -0.15) is 0 Å². The molecule has 0 unspecified atom stereocenters. The van der Waals surface area contributed by atoms with E-state index in [-0.39, 0.29) is 6.61 Å². The number of aromatic hydroxyl groups is 1. The third-order valence-electron chi connectivity index (χ3n) is 7.85. The van der Waals surface area contributed by atoms with E-state index in [4.69, 9.17) is 33.5 Å². The number of unbranched alkanes of at least 4 members (excludes halogenated alkanes) is 2. The molecule has 0 spiro atoms. The van der Waals surface area contributed by atoms with Gasteiger partial charge in [0.1, 0.15) is 18.1 Å². The van der Waals surface area contributed by atoms with E-state index in [9.17, 15) is 5.11 Å². The fraction of sp³-hybridized carbons (Fsp3) is 0.818. The Labute approximate surface area is 249 Å². The Bertz CT molecular complexity index is 787. The van der Waals surface area contributed by atoms with Crippen LogP contribution in [0, 0.1) is 17.8 Å². The minimum Gasteiger partial charge on any atom is -0.508 e. The summed E-state index contributed by atoms with van der Waals surface area (Å²) in [4.78, 5) is 0. The summed E-state index contributed by atoms with van der Waals surface area (Å²) in [6.07, 6.45) is 7.98. The summed E-state index contributed by atoms with van der Waals surface area (Å²) in [5, 5.41) is 19.9. The van der Waals surface area contributed by atoms with Crippen LogP contribution in [-0.2, 0) is 30.1 Å². The van der Waals surface area contributed by atoms with Crippen LogP contribution >= 0.6 is 0 Å². The van der Waals surface area contributed by atoms with Gasteiger partial charge in [-0.15, -0.1) is 0 Å². The molecule has 0 radical (unpaired) electrons. The Morgan fingerprint density at radius 2 is 1.34 bits per heavy atom. The molecule has 0 saturated heterocycles. The van der Waals surface area contributed by atoms with E-state index in [1.807, 2.05) is 6.07 Å². The van der Waals surface area contributed by atoms with Crippen molar-refractivity contribution >= 4 is 0 Å². The first kappa shape index (κ1) is 35.8. The first-order valence-electron chi connectivity index (χ1n) is 16.0. The molecule has 8 nitrogen and oxygen atoms in total. The quantitative estimate of drug-likeness (QED) is 0.149. The molecule has 41 heavy (non-hydrogen) atoms. The topological polar surface area (TPSA) is 95.8 Å². The number of phenolic OH excluding ortho intramolecular Hbond substituents is 1. The molecule has 3 atom stereocenters. The molecule has 0 bridgehead atoms. The number of phenols is 1. The SMILES string of the molecule is CCCCCc1cc(O)c([C@@H]2C[C@H](C)CC[C@H]2C(C)C)c(OCCOCCOCCOCCOCCOCCO)c1. The Balaban J connectivity index is 1.73. The van der Waals surface area contributed by atoms with Crippen LogP contribution in [0.2, 0.25) is 0 Å². The molecule has 238 valence electrons. The van der Waals surface area contributed by atoms with Gasteiger partial charge >= 0.3 is 0 Å². The number of aliphatic hydroxyl groups is 1. The number of rotatable bonds is 24. The summed E-state index contributed by atoms with van der Waals surface area (Å²) in [5.41, 5.74) is 2.15. The van der Waals surface area contributed by atoms with Crippen molar-refractivity contribution in [2.24, 2.45) is 17.8 Å². The third kappa shape index (κ3) is 14.5. The van der Waals surface area contributed by atoms with Gasteiger partial charge in [-0.05, 0) is 67.1 Å². The van der Waals surface area contributed by atoms with Gasteiger partial charge in [-0.25, -0.2) is 0 Å². The molecular weight excluding hydrogens is 524 g/mol. The normalized spacial score (nSPS) is 19.2. The summed E-state index contributed by atoms with van der Waals surface area (Å²) in [6.45, 7) is 14.4. The molecule has 0 heterocycles. The van der Waals surface area contributed by atoms with Gasteiger partial charge in [0.25, 0.3) is 0 Å². The number of benzene rings is 1. The van der Waals surface area contributed by atoms with Gasteiger partial charge in [0, 0.05) is 5.56 Å². The van der Waals surface area contributed by atoms with Crippen molar-refractivity contribution in [1.82, 2.24) is 0 Å². The predicted molar refractivity (Wildman–Crippen MR) is 162 cm³/mol. The van der Waals surface area contributed by atoms with Crippen LogP contribution in [0.4, 0.5) is 0 Å². The second-order valence-corrected chi connectivity index (χ2v) is 11.6. The zero-order chi connectivity index (χ0) is 29.7. The zero-order valence-corrected chi connectivity index (χ0v) is 26.2. The van der Waals surface area contributed by atoms with Crippen LogP contribution < -0.4 is 4.74 Å². The highest BCUT2D eigenvalue weighted by atomic mass is 16.6. The average molecular weight is 583 g/mol. The number of ether oxygens (including phenoxy) is 6. The maximum atomic E-state index is 11.3. The highest BCUT2D eigenvalue weighted by molar-refractivity contribution is 5.50. The Morgan fingerprint density at radius 3 is 1.88 bits per heavy atom. The fourth-order valence-corrected chi connectivity index (χ4v) is 5.67. The van der Waals surface area contributed by atoms with Crippen LogP contribution in [0.15, 0.2) is 12.1 Å². The largest absolute Gasteiger partial charge is 0.508 e. The minimum absolute atomic E-state index is 0.0284. The number of aryl methyl sites for hydroxylation is 1. The summed E-state index contributed by atoms with van der Waals surface area (Å²) in [6, 6.07) is 4.15. The molecule has 2 N–H and O–H groups in total. The standard InChI is InChI=1S/C33H58O8/c1-5-6-7-8-28-24-31(35)33(30-23-27(4)9-10-29(30)26(2)3)32(25-28)41-22-21-40-20-19-39-18-17-38-16-15-37-14-13-36-12-11-34/h24-27,29-30,34-35H,5-23H2,1-4H3/t27-,29+,30-/m1/s1. The molecule has 0 amide bonds. The van der Waals surface area contributed by atoms with Gasteiger partial charge in [0.05, 0.1) is 72.7 Å². The lowest BCUT2D eigenvalue weighted by Gasteiger charge is -2.38. The lowest BCUT2D eigenvalue weighted by Crippen LogP contribution is -2.26. The second kappa shape index (κ2) is 22.2. The van der Waals surface area contributed by atoms with Crippen LogP contribution in [0.5, 0.6) is 11.5 Å². The molecule has 1 aromatic carbocycles. The lowest BCUT2D eigenvalue weighted by molar-refractivity contribution is -0.0147. The number of aliphatic hydroxyl groups excluding tert-OH is 1. The lowest BCUT2D eigenvalue weighted by atomic mass is 9.67. The minimum atomic E-state index is 0.0284. The Morgan fingerprint density at radius 1 is 0.780 bits per heavy atom. The number of hydrogen-bond donors (Lipinski definition) is 2. The van der Waals surface area contributed by atoms with E-state index in [0.29, 0.717) is 102 Å². The van der Waals surface area contributed by atoms with Crippen molar-refractivity contribution < 1.29 is 38.6 Å². The van der Waals surface area contributed by atoms with Crippen molar-refractivity contribution in [2.45, 2.75) is 78.6 Å². The van der Waals surface area contributed by atoms with Crippen LogP contribution in [0.3, 0.4) is 0 Å². The zero-order valence-electron chi connectivity index (χ0n) is 26.2. The average Bonchev–Trinajstić information content (AvgIpc) is 2.94. The van der Waals surface area contributed by atoms with Gasteiger partial charge in [0.15, 0.2) is 0 Å². The third-order valence-corrected chi connectivity index (χ3v) is 7.85. The monoisotopic (exact) mass is 582 g/mol. The fourth-order valence-electron chi connectivity index (χ4n) is 5.67. The van der Waals surface area contributed by atoms with E-state index < -0.39 is 0 Å².